The van der Waals surface area contributed by atoms with Crippen LogP contribution in [0.4, 0.5) is 0 Å². The molecule has 7 nitrogen and oxygen atoms in total. The number of hydrogen-bond acceptors (Lipinski definition) is 7. The van der Waals surface area contributed by atoms with Crippen molar-refractivity contribution in [3.05, 3.63) is 0 Å². The molecular weight excluding hydrogens is 256 g/mol. The van der Waals surface area contributed by atoms with Gasteiger partial charge in [-0.3, -0.25) is 9.59 Å². The summed E-state index contributed by atoms with van der Waals surface area (Å²) in [7, 11) is 1.23. The Kier molecular flexibility index (Phi) is 5.02. The largest absolute Gasteiger partial charge is 0.467 e. The van der Waals surface area contributed by atoms with Gasteiger partial charge in [-0.25, -0.2) is 4.79 Å². The lowest BCUT2D eigenvalue weighted by molar-refractivity contribution is -0.168. The predicted molar refractivity (Wildman–Crippen MR) is 62.1 cm³/mol. The van der Waals surface area contributed by atoms with Gasteiger partial charge in [-0.05, 0) is 13.8 Å². The Morgan fingerprint density at radius 1 is 1.37 bits per heavy atom. The fourth-order valence-electron chi connectivity index (χ4n) is 1.90. The molecule has 19 heavy (non-hydrogen) atoms. The zero-order valence-electron chi connectivity index (χ0n) is 11.4. The maximum Gasteiger partial charge on any atom is 0.337 e. The van der Waals surface area contributed by atoms with E-state index in [4.69, 9.17) is 14.2 Å². The lowest BCUT2D eigenvalue weighted by Crippen LogP contribution is -2.36. The molecule has 7 heteroatoms. The first-order valence-electron chi connectivity index (χ1n) is 5.85. The Bertz CT molecular complexity index is 363. The van der Waals surface area contributed by atoms with E-state index in [0.29, 0.717) is 6.29 Å². The molecule has 0 aromatic rings. The van der Waals surface area contributed by atoms with Gasteiger partial charge < -0.3 is 18.9 Å². The molecule has 1 fully saturated rings. The number of ether oxygens (including phenoxy) is 4. The van der Waals surface area contributed by atoms with Gasteiger partial charge in [0.2, 0.25) is 0 Å². The second-order valence-corrected chi connectivity index (χ2v) is 4.64. The summed E-state index contributed by atoms with van der Waals surface area (Å²) in [5.41, 5.74) is 0. The van der Waals surface area contributed by atoms with Crippen molar-refractivity contribution in [2.45, 2.75) is 51.3 Å². The van der Waals surface area contributed by atoms with Gasteiger partial charge in [0.1, 0.15) is 6.10 Å². The van der Waals surface area contributed by atoms with E-state index in [2.05, 4.69) is 4.74 Å². The van der Waals surface area contributed by atoms with E-state index in [-0.39, 0.29) is 6.42 Å². The molecule has 0 aliphatic carbocycles. The van der Waals surface area contributed by atoms with Gasteiger partial charge in [0.25, 0.3) is 0 Å². The third kappa shape index (κ3) is 4.29. The molecule has 1 aliphatic rings. The average molecular weight is 274 g/mol. The molecule has 1 heterocycles. The van der Waals surface area contributed by atoms with Crippen molar-refractivity contribution in [2.24, 2.45) is 0 Å². The van der Waals surface area contributed by atoms with E-state index in [1.54, 1.807) is 13.8 Å². The third-order valence-electron chi connectivity index (χ3n) is 2.55. The highest BCUT2D eigenvalue weighted by Gasteiger charge is 2.46. The summed E-state index contributed by atoms with van der Waals surface area (Å²) in [6.07, 6.45) is -2.11. The van der Waals surface area contributed by atoms with Crippen LogP contribution in [0.5, 0.6) is 0 Å². The molecular formula is C12H18O7. The van der Waals surface area contributed by atoms with Crippen LogP contribution < -0.4 is 0 Å². The van der Waals surface area contributed by atoms with Crippen molar-refractivity contribution >= 4 is 18.2 Å². The zero-order chi connectivity index (χ0) is 14.6. The van der Waals surface area contributed by atoms with Crippen molar-refractivity contribution in [3.8, 4) is 0 Å². The summed E-state index contributed by atoms with van der Waals surface area (Å²) >= 11 is 0. The highest BCUT2D eigenvalue weighted by atomic mass is 16.8. The van der Waals surface area contributed by atoms with Gasteiger partial charge in [0, 0.05) is 13.3 Å². The SMILES string of the molecule is COC(=O)[C@H]1OC(C)(C)O[C@H]1C[C@H](C=O)OC(C)=O. The van der Waals surface area contributed by atoms with Gasteiger partial charge in [-0.1, -0.05) is 0 Å². The van der Waals surface area contributed by atoms with E-state index in [1.165, 1.54) is 14.0 Å². The minimum atomic E-state index is -0.979. The topological polar surface area (TPSA) is 88.1 Å². The molecule has 1 aliphatic heterocycles. The molecule has 108 valence electrons. The Balaban J connectivity index is 2.75. The van der Waals surface area contributed by atoms with Gasteiger partial charge >= 0.3 is 11.9 Å². The first kappa shape index (κ1) is 15.6. The highest BCUT2D eigenvalue weighted by molar-refractivity contribution is 5.76. The quantitative estimate of drug-likeness (QED) is 0.522. The Morgan fingerprint density at radius 2 is 2.00 bits per heavy atom. The number of methoxy groups -OCH3 is 1. The second-order valence-electron chi connectivity index (χ2n) is 4.64. The monoisotopic (exact) mass is 274 g/mol. The van der Waals surface area contributed by atoms with Crippen molar-refractivity contribution < 1.29 is 33.3 Å². The van der Waals surface area contributed by atoms with Crippen LogP contribution in [0.3, 0.4) is 0 Å². The minimum Gasteiger partial charge on any atom is -0.467 e. The number of carbonyl (C=O) groups excluding carboxylic acids is 3. The highest BCUT2D eigenvalue weighted by Crippen LogP contribution is 2.31. The van der Waals surface area contributed by atoms with Gasteiger partial charge in [-0.15, -0.1) is 0 Å². The van der Waals surface area contributed by atoms with E-state index in [9.17, 15) is 14.4 Å². The summed E-state index contributed by atoms with van der Waals surface area (Å²) in [4.78, 5) is 33.3. The number of carbonyl (C=O) groups is 3. The summed E-state index contributed by atoms with van der Waals surface area (Å²) in [5, 5.41) is 0. The van der Waals surface area contributed by atoms with E-state index in [1.807, 2.05) is 0 Å². The van der Waals surface area contributed by atoms with Crippen LogP contribution in [0, 0.1) is 0 Å². The summed E-state index contributed by atoms with van der Waals surface area (Å²) in [6.45, 7) is 4.49. The van der Waals surface area contributed by atoms with E-state index < -0.39 is 36.0 Å². The first-order valence-corrected chi connectivity index (χ1v) is 5.85. The number of hydrogen-bond donors (Lipinski definition) is 0. The van der Waals surface area contributed by atoms with Crippen LogP contribution in [0.1, 0.15) is 27.2 Å². The lowest BCUT2D eigenvalue weighted by atomic mass is 10.1. The van der Waals surface area contributed by atoms with Crippen molar-refractivity contribution in [1.82, 2.24) is 0 Å². The van der Waals surface area contributed by atoms with E-state index in [0.717, 1.165) is 0 Å². The standard InChI is InChI=1S/C12H18O7/c1-7(14)17-8(6-13)5-9-10(11(15)16-4)19-12(2,3)18-9/h6,8-10H,5H2,1-4H3/t8-,9+,10+/m1/s1. The molecule has 0 bridgehead atoms. The summed E-state index contributed by atoms with van der Waals surface area (Å²) in [6, 6.07) is 0. The van der Waals surface area contributed by atoms with Crippen LogP contribution in [-0.4, -0.2) is 49.4 Å². The Labute approximate surface area is 111 Å². The van der Waals surface area contributed by atoms with Crippen LogP contribution in [0.25, 0.3) is 0 Å². The zero-order valence-corrected chi connectivity index (χ0v) is 11.4. The van der Waals surface area contributed by atoms with Crippen molar-refractivity contribution in [1.29, 1.82) is 0 Å². The van der Waals surface area contributed by atoms with Crippen LogP contribution >= 0.6 is 0 Å². The van der Waals surface area contributed by atoms with Crippen LogP contribution in [0.2, 0.25) is 0 Å². The lowest BCUT2D eigenvalue weighted by Gasteiger charge is -2.18. The van der Waals surface area contributed by atoms with Crippen molar-refractivity contribution in [2.75, 3.05) is 7.11 Å². The predicted octanol–water partition coefficient (Wildman–Crippen LogP) is 0.200. The van der Waals surface area contributed by atoms with Crippen LogP contribution in [-0.2, 0) is 33.3 Å². The van der Waals surface area contributed by atoms with E-state index >= 15 is 0 Å². The summed E-state index contributed by atoms with van der Waals surface area (Å²) in [5.74, 6) is -2.14. The minimum absolute atomic E-state index is 0.0340. The number of aldehydes is 1. The first-order chi connectivity index (χ1) is 8.79. The molecule has 1 rings (SSSR count). The number of esters is 2. The molecule has 1 saturated heterocycles. The fraction of sp³-hybridized carbons (Fsp3) is 0.750. The maximum atomic E-state index is 11.6. The molecule has 0 aromatic carbocycles. The van der Waals surface area contributed by atoms with Crippen LogP contribution in [0.15, 0.2) is 0 Å². The third-order valence-corrected chi connectivity index (χ3v) is 2.55. The van der Waals surface area contributed by atoms with Gasteiger partial charge in [0.05, 0.1) is 7.11 Å². The fourth-order valence-corrected chi connectivity index (χ4v) is 1.90. The molecule has 0 amide bonds. The smallest absolute Gasteiger partial charge is 0.337 e. The molecule has 0 saturated carbocycles. The Morgan fingerprint density at radius 3 is 2.47 bits per heavy atom. The van der Waals surface area contributed by atoms with Gasteiger partial charge in [-0.2, -0.15) is 0 Å². The summed E-state index contributed by atoms with van der Waals surface area (Å²) < 4.78 is 20.3. The molecule has 0 N–H and O–H groups in total. The Hall–Kier alpha value is -1.47. The van der Waals surface area contributed by atoms with Crippen molar-refractivity contribution in [3.63, 3.8) is 0 Å². The normalized spacial score (nSPS) is 26.5. The number of rotatable bonds is 5. The molecule has 0 aromatic heterocycles. The molecule has 0 unspecified atom stereocenters. The van der Waals surface area contributed by atoms with Gasteiger partial charge in [0.15, 0.2) is 24.3 Å². The molecule has 0 spiro atoms. The second kappa shape index (κ2) is 6.12. The average Bonchev–Trinajstić information content (AvgIpc) is 2.62. The molecule has 0 radical (unpaired) electrons. The molecule has 3 atom stereocenters. The maximum absolute atomic E-state index is 11.6.